The van der Waals surface area contributed by atoms with Crippen LogP contribution in [0.1, 0.15) is 16.2 Å². The second-order valence-corrected chi connectivity index (χ2v) is 7.04. The molecule has 1 amide bonds. The molecular weight excluding hydrogens is 411 g/mol. The number of nitrogens with zero attached hydrogens (tertiary/aromatic N) is 3. The van der Waals surface area contributed by atoms with Gasteiger partial charge in [-0.15, -0.1) is 5.10 Å². The third-order valence-electron chi connectivity index (χ3n) is 4.81. The number of benzene rings is 3. The predicted octanol–water partition coefficient (Wildman–Crippen LogP) is 4.65. The third kappa shape index (κ3) is 4.29. The van der Waals surface area contributed by atoms with Gasteiger partial charge in [-0.25, -0.2) is 14.1 Å². The van der Waals surface area contributed by atoms with E-state index in [0.717, 1.165) is 11.3 Å². The number of amides is 1. The fourth-order valence-corrected chi connectivity index (χ4v) is 3.22. The first-order valence-electron chi connectivity index (χ1n) is 9.82. The van der Waals surface area contributed by atoms with E-state index in [-0.39, 0.29) is 11.6 Å². The molecule has 1 aromatic heterocycles. The number of carbonyl (C=O) groups is 1. The Balaban J connectivity index is 1.76. The molecule has 0 aliphatic heterocycles. The summed E-state index contributed by atoms with van der Waals surface area (Å²) in [6.07, 6.45) is 0. The Labute approximate surface area is 184 Å². The van der Waals surface area contributed by atoms with E-state index in [1.807, 2.05) is 31.2 Å². The first-order valence-corrected chi connectivity index (χ1v) is 9.82. The van der Waals surface area contributed by atoms with Gasteiger partial charge in [-0.3, -0.25) is 4.79 Å². The minimum Gasteiger partial charge on any atom is -0.497 e. The summed E-state index contributed by atoms with van der Waals surface area (Å²) >= 11 is 0. The average molecular weight is 432 g/mol. The van der Waals surface area contributed by atoms with Crippen LogP contribution in [-0.2, 0) is 0 Å². The summed E-state index contributed by atoms with van der Waals surface area (Å²) in [5.74, 6) is 0.515. The van der Waals surface area contributed by atoms with E-state index in [2.05, 4.69) is 15.4 Å². The Morgan fingerprint density at radius 3 is 2.47 bits per heavy atom. The van der Waals surface area contributed by atoms with Gasteiger partial charge in [0.2, 0.25) is 5.82 Å². The van der Waals surface area contributed by atoms with Crippen molar-refractivity contribution in [3.05, 3.63) is 83.9 Å². The molecule has 0 aliphatic carbocycles. The fourth-order valence-electron chi connectivity index (χ4n) is 3.22. The van der Waals surface area contributed by atoms with Crippen LogP contribution >= 0.6 is 0 Å². The summed E-state index contributed by atoms with van der Waals surface area (Å²) in [4.78, 5) is 17.5. The van der Waals surface area contributed by atoms with Crippen molar-refractivity contribution in [2.24, 2.45) is 0 Å². The highest BCUT2D eigenvalue weighted by Gasteiger charge is 2.20. The molecule has 7 nitrogen and oxygen atoms in total. The highest BCUT2D eigenvalue weighted by molar-refractivity contribution is 6.02. The van der Waals surface area contributed by atoms with Crippen molar-refractivity contribution in [1.29, 1.82) is 0 Å². The lowest BCUT2D eigenvalue weighted by molar-refractivity contribution is 0.101. The number of hydrogen-bond donors (Lipinski definition) is 1. The standard InChI is InChI=1S/C24H21FN4O3/c1-15-5-4-6-18(13-15)29-23(16-7-9-17(25)10-8-16)27-22(28-29)24(30)26-20-14-19(31-2)11-12-21(20)32-3/h4-14H,1-3H3,(H,26,30). The number of nitrogens with one attached hydrogen (secondary N) is 1. The van der Waals surface area contributed by atoms with Gasteiger partial charge in [0.05, 0.1) is 25.6 Å². The zero-order chi connectivity index (χ0) is 22.7. The summed E-state index contributed by atoms with van der Waals surface area (Å²) in [6, 6.07) is 18.6. The number of aryl methyl sites for hydroxylation is 1. The Hall–Kier alpha value is -4.20. The maximum Gasteiger partial charge on any atom is 0.295 e. The monoisotopic (exact) mass is 432 g/mol. The van der Waals surface area contributed by atoms with Crippen molar-refractivity contribution in [2.45, 2.75) is 6.92 Å². The second-order valence-electron chi connectivity index (χ2n) is 7.04. The Morgan fingerprint density at radius 2 is 1.78 bits per heavy atom. The molecule has 0 fully saturated rings. The first kappa shape index (κ1) is 21.0. The summed E-state index contributed by atoms with van der Waals surface area (Å²) in [6.45, 7) is 1.96. The topological polar surface area (TPSA) is 78.3 Å². The van der Waals surface area contributed by atoms with Crippen LogP contribution in [-0.4, -0.2) is 34.9 Å². The van der Waals surface area contributed by atoms with E-state index >= 15 is 0 Å². The van der Waals surface area contributed by atoms with E-state index in [1.54, 1.807) is 35.0 Å². The second kappa shape index (κ2) is 8.89. The SMILES string of the molecule is COc1ccc(OC)c(NC(=O)c2nc(-c3ccc(F)cc3)n(-c3cccc(C)c3)n2)c1. The quantitative estimate of drug-likeness (QED) is 0.480. The van der Waals surface area contributed by atoms with Crippen LogP contribution < -0.4 is 14.8 Å². The Kier molecular flexibility index (Phi) is 5.85. The number of aromatic nitrogens is 3. The van der Waals surface area contributed by atoms with Crippen molar-refractivity contribution in [2.75, 3.05) is 19.5 Å². The fraction of sp³-hybridized carbons (Fsp3) is 0.125. The highest BCUT2D eigenvalue weighted by Crippen LogP contribution is 2.29. The third-order valence-corrected chi connectivity index (χ3v) is 4.81. The molecule has 1 N–H and O–H groups in total. The molecule has 0 saturated carbocycles. The van der Waals surface area contributed by atoms with Crippen LogP contribution in [0.15, 0.2) is 66.7 Å². The molecule has 4 rings (SSSR count). The number of ether oxygens (including phenoxy) is 2. The maximum atomic E-state index is 13.5. The first-order chi connectivity index (χ1) is 15.5. The molecule has 4 aromatic rings. The van der Waals surface area contributed by atoms with Crippen LogP contribution in [0.2, 0.25) is 0 Å². The van der Waals surface area contributed by atoms with Gasteiger partial charge in [-0.2, -0.15) is 0 Å². The zero-order valence-corrected chi connectivity index (χ0v) is 17.8. The number of methoxy groups -OCH3 is 2. The highest BCUT2D eigenvalue weighted by atomic mass is 19.1. The molecule has 1 heterocycles. The zero-order valence-electron chi connectivity index (χ0n) is 17.8. The number of anilines is 1. The van der Waals surface area contributed by atoms with Gasteiger partial charge in [0.15, 0.2) is 5.82 Å². The van der Waals surface area contributed by atoms with Crippen LogP contribution in [0.5, 0.6) is 11.5 Å². The van der Waals surface area contributed by atoms with E-state index in [4.69, 9.17) is 9.47 Å². The minimum atomic E-state index is -0.522. The normalized spacial score (nSPS) is 10.6. The number of hydrogen-bond acceptors (Lipinski definition) is 5. The van der Waals surface area contributed by atoms with Crippen LogP contribution in [0.3, 0.4) is 0 Å². The van der Waals surface area contributed by atoms with Gasteiger partial charge in [0.25, 0.3) is 5.91 Å². The predicted molar refractivity (Wildman–Crippen MR) is 119 cm³/mol. The van der Waals surface area contributed by atoms with Crippen LogP contribution in [0.25, 0.3) is 17.1 Å². The largest absolute Gasteiger partial charge is 0.497 e. The lowest BCUT2D eigenvalue weighted by Gasteiger charge is -2.10. The van der Waals surface area contributed by atoms with Gasteiger partial charge in [-0.05, 0) is 61.0 Å². The summed E-state index contributed by atoms with van der Waals surface area (Å²) in [7, 11) is 3.04. The molecule has 162 valence electrons. The van der Waals surface area contributed by atoms with Crippen molar-refractivity contribution < 1.29 is 18.7 Å². The smallest absolute Gasteiger partial charge is 0.295 e. The van der Waals surface area contributed by atoms with Gasteiger partial charge >= 0.3 is 0 Å². The Morgan fingerprint density at radius 1 is 1.00 bits per heavy atom. The van der Waals surface area contributed by atoms with E-state index in [9.17, 15) is 9.18 Å². The molecule has 0 aliphatic rings. The molecule has 32 heavy (non-hydrogen) atoms. The average Bonchev–Trinajstić information content (AvgIpc) is 3.25. The minimum absolute atomic E-state index is 0.0456. The van der Waals surface area contributed by atoms with Crippen molar-refractivity contribution in [3.8, 4) is 28.6 Å². The number of carbonyl (C=O) groups excluding carboxylic acids is 1. The van der Waals surface area contributed by atoms with E-state index in [0.29, 0.717) is 28.6 Å². The van der Waals surface area contributed by atoms with Crippen molar-refractivity contribution >= 4 is 11.6 Å². The molecule has 0 bridgehead atoms. The number of halogens is 1. The van der Waals surface area contributed by atoms with Gasteiger partial charge in [0, 0.05) is 11.6 Å². The van der Waals surface area contributed by atoms with Crippen LogP contribution in [0.4, 0.5) is 10.1 Å². The molecule has 0 spiro atoms. The van der Waals surface area contributed by atoms with Crippen molar-refractivity contribution in [3.63, 3.8) is 0 Å². The summed E-state index contributed by atoms with van der Waals surface area (Å²) in [5.41, 5.74) is 2.80. The Bertz CT molecular complexity index is 1270. The molecule has 3 aromatic carbocycles. The lowest BCUT2D eigenvalue weighted by atomic mass is 10.2. The van der Waals surface area contributed by atoms with Gasteiger partial charge in [-0.1, -0.05) is 12.1 Å². The molecule has 0 radical (unpaired) electrons. The van der Waals surface area contributed by atoms with E-state index < -0.39 is 5.91 Å². The molecule has 0 saturated heterocycles. The van der Waals surface area contributed by atoms with E-state index in [1.165, 1.54) is 26.4 Å². The maximum absolute atomic E-state index is 13.5. The van der Waals surface area contributed by atoms with Crippen LogP contribution in [0, 0.1) is 12.7 Å². The summed E-state index contributed by atoms with van der Waals surface area (Å²) < 4.78 is 25.6. The summed E-state index contributed by atoms with van der Waals surface area (Å²) in [5, 5.41) is 7.22. The van der Waals surface area contributed by atoms with Gasteiger partial charge < -0.3 is 14.8 Å². The van der Waals surface area contributed by atoms with Crippen molar-refractivity contribution in [1.82, 2.24) is 14.8 Å². The molecule has 0 unspecified atom stereocenters. The number of rotatable bonds is 6. The van der Waals surface area contributed by atoms with Gasteiger partial charge in [0.1, 0.15) is 17.3 Å². The lowest BCUT2D eigenvalue weighted by Crippen LogP contribution is -2.15. The molecular formula is C24H21FN4O3. The molecule has 8 heteroatoms. The molecule has 0 atom stereocenters.